The molecule has 0 radical (unpaired) electrons. The fraction of sp³-hybridized carbons (Fsp3) is 0.571. The minimum Gasteiger partial charge on any atom is -0.384 e. The fourth-order valence-corrected chi connectivity index (χ4v) is 2.98. The number of anilines is 1. The summed E-state index contributed by atoms with van der Waals surface area (Å²) in [6, 6.07) is 6.70. The highest BCUT2D eigenvalue weighted by Crippen LogP contribution is 2.14. The third-order valence-corrected chi connectivity index (χ3v) is 4.29. The second-order valence-electron chi connectivity index (χ2n) is 4.98. The largest absolute Gasteiger partial charge is 0.384 e. The molecule has 0 aliphatic carbocycles. The van der Waals surface area contributed by atoms with E-state index in [2.05, 4.69) is 22.3 Å². The Morgan fingerprint density at radius 1 is 1.05 bits per heavy atom. The molecule has 1 aromatic carbocycles. The topological polar surface area (TPSA) is 70.2 Å². The monoisotopic (exact) mass is 299 g/mol. The maximum absolute atomic E-state index is 11.9. The van der Waals surface area contributed by atoms with Crippen molar-refractivity contribution in [2.24, 2.45) is 0 Å². The molecule has 1 rings (SSSR count). The maximum Gasteiger partial charge on any atom is 0.240 e. The lowest BCUT2D eigenvalue weighted by Gasteiger charge is -2.11. The fourth-order valence-electron chi connectivity index (χ4n) is 1.73. The van der Waals surface area contributed by atoms with Crippen molar-refractivity contribution in [2.45, 2.75) is 38.1 Å². The van der Waals surface area contributed by atoms with E-state index in [9.17, 15) is 8.42 Å². The van der Waals surface area contributed by atoms with Gasteiger partial charge < -0.3 is 10.6 Å². The minimum atomic E-state index is -3.40. The maximum atomic E-state index is 11.9. The molecular formula is C14H25N3O2S. The molecule has 0 aromatic heterocycles. The highest BCUT2D eigenvalue weighted by atomic mass is 32.2. The highest BCUT2D eigenvalue weighted by molar-refractivity contribution is 7.89. The van der Waals surface area contributed by atoms with E-state index in [0.717, 1.165) is 31.7 Å². The molecule has 0 amide bonds. The van der Waals surface area contributed by atoms with E-state index in [1.807, 2.05) is 0 Å². The smallest absolute Gasteiger partial charge is 0.240 e. The summed E-state index contributed by atoms with van der Waals surface area (Å²) < 4.78 is 26.5. The van der Waals surface area contributed by atoms with Gasteiger partial charge in [0.05, 0.1) is 4.90 Å². The molecule has 0 fully saturated rings. The number of hydrogen-bond donors (Lipinski definition) is 3. The molecule has 0 spiro atoms. The van der Waals surface area contributed by atoms with Crippen molar-refractivity contribution in [3.8, 4) is 0 Å². The number of hydrogen-bond acceptors (Lipinski definition) is 4. The molecule has 0 saturated carbocycles. The quantitative estimate of drug-likeness (QED) is 0.608. The van der Waals surface area contributed by atoms with Crippen molar-refractivity contribution in [2.75, 3.05) is 25.0 Å². The molecule has 0 heterocycles. The van der Waals surface area contributed by atoms with Crippen LogP contribution in [-0.2, 0) is 10.0 Å². The summed E-state index contributed by atoms with van der Waals surface area (Å²) in [6.45, 7) is 8.46. The summed E-state index contributed by atoms with van der Waals surface area (Å²) in [4.78, 5) is 0.292. The summed E-state index contributed by atoms with van der Waals surface area (Å²) in [5.41, 5.74) is 0.923. The van der Waals surface area contributed by atoms with Gasteiger partial charge in [-0.15, -0.1) is 0 Å². The molecule has 0 aliphatic rings. The lowest BCUT2D eigenvalue weighted by Crippen LogP contribution is -2.30. The summed E-state index contributed by atoms with van der Waals surface area (Å²) in [7, 11) is -3.40. The predicted molar refractivity (Wildman–Crippen MR) is 83.5 cm³/mol. The SMILES string of the molecule is CCCNCCNc1ccc(S(=O)(=O)NC(C)C)cc1. The van der Waals surface area contributed by atoms with Gasteiger partial charge in [0.2, 0.25) is 10.0 Å². The van der Waals surface area contributed by atoms with Crippen LogP contribution in [0.15, 0.2) is 29.2 Å². The Morgan fingerprint density at radius 2 is 1.70 bits per heavy atom. The lowest BCUT2D eigenvalue weighted by atomic mass is 10.3. The summed E-state index contributed by atoms with van der Waals surface area (Å²) >= 11 is 0. The molecule has 20 heavy (non-hydrogen) atoms. The summed E-state index contributed by atoms with van der Waals surface area (Å²) in [5.74, 6) is 0. The third-order valence-electron chi connectivity index (χ3n) is 2.61. The first-order valence-corrected chi connectivity index (χ1v) is 8.51. The summed E-state index contributed by atoms with van der Waals surface area (Å²) in [5, 5.41) is 6.54. The predicted octanol–water partition coefficient (Wildman–Crippen LogP) is 1.78. The first kappa shape index (κ1) is 16.9. The molecule has 3 N–H and O–H groups in total. The van der Waals surface area contributed by atoms with E-state index in [4.69, 9.17) is 0 Å². The standard InChI is InChI=1S/C14H25N3O2S/c1-4-9-15-10-11-16-13-5-7-14(8-6-13)20(18,19)17-12(2)3/h5-8,12,15-17H,4,9-11H2,1-3H3. The number of sulfonamides is 1. The number of nitrogens with one attached hydrogen (secondary N) is 3. The van der Waals surface area contributed by atoms with E-state index >= 15 is 0 Å². The van der Waals surface area contributed by atoms with Gasteiger partial charge in [0, 0.05) is 24.8 Å². The Balaban J connectivity index is 2.52. The Morgan fingerprint density at radius 3 is 2.25 bits per heavy atom. The van der Waals surface area contributed by atoms with Gasteiger partial charge in [0.25, 0.3) is 0 Å². The van der Waals surface area contributed by atoms with Gasteiger partial charge in [0.15, 0.2) is 0 Å². The zero-order chi connectivity index (χ0) is 15.0. The Labute approximate surface area is 122 Å². The zero-order valence-electron chi connectivity index (χ0n) is 12.4. The van der Waals surface area contributed by atoms with Crippen molar-refractivity contribution in [3.05, 3.63) is 24.3 Å². The molecule has 0 aliphatic heterocycles. The molecule has 0 unspecified atom stereocenters. The van der Waals surface area contributed by atoms with Gasteiger partial charge in [-0.25, -0.2) is 13.1 Å². The highest BCUT2D eigenvalue weighted by Gasteiger charge is 2.14. The van der Waals surface area contributed by atoms with Crippen LogP contribution in [0.5, 0.6) is 0 Å². The van der Waals surface area contributed by atoms with Crippen molar-refractivity contribution in [1.29, 1.82) is 0 Å². The van der Waals surface area contributed by atoms with E-state index < -0.39 is 10.0 Å². The van der Waals surface area contributed by atoms with Crippen LogP contribution in [0.2, 0.25) is 0 Å². The zero-order valence-corrected chi connectivity index (χ0v) is 13.3. The van der Waals surface area contributed by atoms with Crippen molar-refractivity contribution >= 4 is 15.7 Å². The lowest BCUT2D eigenvalue weighted by molar-refractivity contribution is 0.570. The molecule has 0 saturated heterocycles. The van der Waals surface area contributed by atoms with Crippen LogP contribution in [0.3, 0.4) is 0 Å². The Kier molecular flexibility index (Phi) is 6.98. The molecule has 1 aromatic rings. The van der Waals surface area contributed by atoms with E-state index in [1.165, 1.54) is 0 Å². The molecule has 0 bridgehead atoms. The Hall–Kier alpha value is -1.11. The van der Waals surface area contributed by atoms with E-state index in [-0.39, 0.29) is 6.04 Å². The first-order valence-electron chi connectivity index (χ1n) is 7.02. The second-order valence-corrected chi connectivity index (χ2v) is 6.69. The van der Waals surface area contributed by atoms with Crippen molar-refractivity contribution in [1.82, 2.24) is 10.0 Å². The average Bonchev–Trinajstić information content (AvgIpc) is 2.37. The van der Waals surface area contributed by atoms with Crippen LogP contribution in [0.25, 0.3) is 0 Å². The van der Waals surface area contributed by atoms with Gasteiger partial charge in [-0.2, -0.15) is 0 Å². The second kappa shape index (κ2) is 8.24. The Bertz CT molecular complexity index is 484. The van der Waals surface area contributed by atoms with Gasteiger partial charge >= 0.3 is 0 Å². The van der Waals surface area contributed by atoms with Gasteiger partial charge in [0.1, 0.15) is 0 Å². The first-order chi connectivity index (χ1) is 9.45. The molecule has 6 heteroatoms. The van der Waals surface area contributed by atoms with Gasteiger partial charge in [-0.05, 0) is 51.1 Å². The van der Waals surface area contributed by atoms with Crippen LogP contribution in [0.4, 0.5) is 5.69 Å². The van der Waals surface area contributed by atoms with Crippen LogP contribution in [0.1, 0.15) is 27.2 Å². The minimum absolute atomic E-state index is 0.109. The van der Waals surface area contributed by atoms with Crippen molar-refractivity contribution in [3.63, 3.8) is 0 Å². The molecule has 114 valence electrons. The summed E-state index contributed by atoms with van der Waals surface area (Å²) in [6.07, 6.45) is 1.12. The van der Waals surface area contributed by atoms with Crippen LogP contribution < -0.4 is 15.4 Å². The third kappa shape index (κ3) is 5.90. The normalized spacial score (nSPS) is 11.8. The van der Waals surface area contributed by atoms with Crippen LogP contribution in [0, 0.1) is 0 Å². The molecule has 5 nitrogen and oxygen atoms in total. The van der Waals surface area contributed by atoms with Gasteiger partial charge in [-0.1, -0.05) is 6.92 Å². The molecular weight excluding hydrogens is 274 g/mol. The average molecular weight is 299 g/mol. The number of benzene rings is 1. The van der Waals surface area contributed by atoms with Gasteiger partial charge in [-0.3, -0.25) is 0 Å². The van der Waals surface area contributed by atoms with Crippen LogP contribution >= 0.6 is 0 Å². The number of rotatable bonds is 9. The van der Waals surface area contributed by atoms with Crippen molar-refractivity contribution < 1.29 is 8.42 Å². The molecule has 0 atom stereocenters. The van der Waals surface area contributed by atoms with E-state index in [0.29, 0.717) is 4.90 Å². The van der Waals surface area contributed by atoms with Crippen LogP contribution in [-0.4, -0.2) is 34.1 Å². The van der Waals surface area contributed by atoms with E-state index in [1.54, 1.807) is 38.1 Å².